The molecule has 1 aliphatic rings. The van der Waals surface area contributed by atoms with Crippen molar-refractivity contribution in [2.24, 2.45) is 5.92 Å². The zero-order valence-corrected chi connectivity index (χ0v) is 16.5. The van der Waals surface area contributed by atoms with Crippen molar-refractivity contribution in [1.82, 2.24) is 14.5 Å². The molecule has 0 bridgehead atoms. The van der Waals surface area contributed by atoms with E-state index in [1.54, 1.807) is 42.0 Å². The van der Waals surface area contributed by atoms with Crippen LogP contribution in [0, 0.1) is 5.92 Å². The van der Waals surface area contributed by atoms with Crippen LogP contribution < -0.4 is 5.73 Å². The average molecular weight is 423 g/mol. The fourth-order valence-electron chi connectivity index (χ4n) is 4.13. The van der Waals surface area contributed by atoms with Gasteiger partial charge in [0.1, 0.15) is 23.9 Å². The van der Waals surface area contributed by atoms with Crippen LogP contribution in [0.2, 0.25) is 10.0 Å². The number of benzene rings is 1. The lowest BCUT2D eigenvalue weighted by atomic mass is 9.80. The van der Waals surface area contributed by atoms with Crippen molar-refractivity contribution in [3.8, 4) is 0 Å². The van der Waals surface area contributed by atoms with Crippen molar-refractivity contribution < 1.29 is 15.3 Å². The van der Waals surface area contributed by atoms with Gasteiger partial charge in [0, 0.05) is 12.1 Å². The van der Waals surface area contributed by atoms with Crippen LogP contribution in [0.5, 0.6) is 0 Å². The van der Waals surface area contributed by atoms with Gasteiger partial charge in [-0.15, -0.1) is 0 Å². The highest BCUT2D eigenvalue weighted by molar-refractivity contribution is 6.42. The van der Waals surface area contributed by atoms with Gasteiger partial charge in [0.2, 0.25) is 0 Å². The molecule has 0 saturated heterocycles. The van der Waals surface area contributed by atoms with E-state index < -0.39 is 29.8 Å². The van der Waals surface area contributed by atoms with Gasteiger partial charge in [-0.3, -0.25) is 0 Å². The molecule has 9 heteroatoms. The molecule has 4 rings (SSSR count). The first-order chi connectivity index (χ1) is 13.2. The summed E-state index contributed by atoms with van der Waals surface area (Å²) in [5, 5.41) is 34.1. The highest BCUT2D eigenvalue weighted by Gasteiger charge is 2.51. The second kappa shape index (κ2) is 6.86. The molecule has 1 aromatic carbocycles. The zero-order valence-electron chi connectivity index (χ0n) is 15.0. The number of anilines is 1. The molecule has 148 valence electrons. The third-order valence-corrected chi connectivity index (χ3v) is 6.51. The summed E-state index contributed by atoms with van der Waals surface area (Å²) < 4.78 is 1.77. The van der Waals surface area contributed by atoms with Crippen LogP contribution in [0.1, 0.15) is 24.9 Å². The van der Waals surface area contributed by atoms with Crippen LogP contribution in [-0.4, -0.2) is 42.1 Å². The number of halogens is 2. The van der Waals surface area contributed by atoms with E-state index in [0.717, 1.165) is 0 Å². The van der Waals surface area contributed by atoms with E-state index in [1.807, 2.05) is 0 Å². The molecule has 1 fully saturated rings. The SMILES string of the molecule is CC(O)(c1ccc(Cl)c(Cl)c1)[C@H]1C[C@@H](n2ccc3c(N)ncnc32)[C@H](O)[C@@H]1O. The Balaban J connectivity index is 1.71. The largest absolute Gasteiger partial charge is 0.390 e. The minimum absolute atomic E-state index is 0.313. The third-order valence-electron chi connectivity index (χ3n) is 5.78. The fraction of sp³-hybridized carbons (Fsp3) is 0.368. The summed E-state index contributed by atoms with van der Waals surface area (Å²) in [6, 6.07) is 6.13. The number of aliphatic hydroxyl groups is 3. The third kappa shape index (κ3) is 2.94. The highest BCUT2D eigenvalue weighted by Crippen LogP contribution is 2.46. The first kappa shape index (κ1) is 19.4. The Labute approximate surface area is 171 Å². The van der Waals surface area contributed by atoms with Gasteiger partial charge in [-0.25, -0.2) is 9.97 Å². The maximum absolute atomic E-state index is 11.2. The van der Waals surface area contributed by atoms with Crippen molar-refractivity contribution in [2.45, 2.75) is 37.2 Å². The molecule has 0 amide bonds. The summed E-state index contributed by atoms with van der Waals surface area (Å²) in [4.78, 5) is 8.23. The number of hydrogen-bond acceptors (Lipinski definition) is 6. The van der Waals surface area contributed by atoms with Crippen LogP contribution in [0.4, 0.5) is 5.82 Å². The number of aliphatic hydroxyl groups excluding tert-OH is 2. The zero-order chi connectivity index (χ0) is 20.2. The molecule has 3 aromatic rings. The van der Waals surface area contributed by atoms with E-state index >= 15 is 0 Å². The first-order valence-electron chi connectivity index (χ1n) is 8.83. The lowest BCUT2D eigenvalue weighted by Gasteiger charge is -2.33. The number of rotatable bonds is 3. The molecule has 7 nitrogen and oxygen atoms in total. The smallest absolute Gasteiger partial charge is 0.145 e. The predicted octanol–water partition coefficient (Wildman–Crippen LogP) is 2.51. The average Bonchev–Trinajstić information content (AvgIpc) is 3.20. The summed E-state index contributed by atoms with van der Waals surface area (Å²) in [6.07, 6.45) is 1.20. The summed E-state index contributed by atoms with van der Waals surface area (Å²) in [5.41, 5.74) is 5.54. The number of fused-ring (bicyclic) bond motifs is 1. The number of nitrogens with two attached hydrogens (primary N) is 1. The van der Waals surface area contributed by atoms with Gasteiger partial charge in [0.25, 0.3) is 0 Å². The van der Waals surface area contributed by atoms with Gasteiger partial charge in [0.05, 0.1) is 33.2 Å². The van der Waals surface area contributed by atoms with Crippen LogP contribution in [-0.2, 0) is 5.60 Å². The minimum atomic E-state index is -1.43. The van der Waals surface area contributed by atoms with Gasteiger partial charge >= 0.3 is 0 Å². The Morgan fingerprint density at radius 2 is 1.89 bits per heavy atom. The van der Waals surface area contributed by atoms with Gasteiger partial charge in [-0.1, -0.05) is 29.3 Å². The molecule has 0 radical (unpaired) electrons. The summed E-state index contributed by atoms with van der Waals surface area (Å²) in [7, 11) is 0. The summed E-state index contributed by atoms with van der Waals surface area (Å²) >= 11 is 12.1. The Kier molecular flexibility index (Phi) is 4.76. The molecule has 1 saturated carbocycles. The van der Waals surface area contributed by atoms with E-state index in [2.05, 4.69) is 9.97 Å². The molecule has 5 N–H and O–H groups in total. The molecule has 5 atom stereocenters. The Hall–Kier alpha value is -1.90. The van der Waals surface area contributed by atoms with E-state index in [0.29, 0.717) is 38.9 Å². The maximum Gasteiger partial charge on any atom is 0.145 e. The number of hydrogen-bond donors (Lipinski definition) is 4. The minimum Gasteiger partial charge on any atom is -0.390 e. The van der Waals surface area contributed by atoms with Gasteiger partial charge in [0.15, 0.2) is 0 Å². The van der Waals surface area contributed by atoms with Crippen molar-refractivity contribution in [2.75, 3.05) is 5.73 Å². The van der Waals surface area contributed by atoms with Crippen LogP contribution in [0.3, 0.4) is 0 Å². The fourth-order valence-corrected chi connectivity index (χ4v) is 4.43. The van der Waals surface area contributed by atoms with Crippen molar-refractivity contribution in [3.63, 3.8) is 0 Å². The van der Waals surface area contributed by atoms with E-state index in [4.69, 9.17) is 28.9 Å². The Morgan fingerprint density at radius 1 is 1.14 bits per heavy atom. The molecule has 1 unspecified atom stereocenters. The standard InChI is InChI=1S/C19H20Cl2N4O3/c1-19(28,9-2-3-12(20)13(21)6-9)11-7-14(16(27)15(11)26)25-5-4-10-17(22)23-8-24-18(10)25/h2-6,8,11,14-16,26-28H,7H2,1H3,(H2,22,23,24)/t11-,14+,15+,16-,19?/m0/s1. The molecule has 1 aliphatic carbocycles. The molecule has 0 spiro atoms. The molecular formula is C19H20Cl2N4O3. The maximum atomic E-state index is 11.2. The number of nitrogens with zero attached hydrogens (tertiary/aromatic N) is 3. The Morgan fingerprint density at radius 3 is 2.61 bits per heavy atom. The lowest BCUT2D eigenvalue weighted by molar-refractivity contribution is -0.0751. The normalized spacial score (nSPS) is 27.2. The molecule has 2 aromatic heterocycles. The quantitative estimate of drug-likeness (QED) is 0.514. The van der Waals surface area contributed by atoms with Crippen molar-refractivity contribution in [3.05, 3.63) is 52.4 Å². The van der Waals surface area contributed by atoms with E-state index in [9.17, 15) is 15.3 Å². The lowest BCUT2D eigenvalue weighted by Crippen LogP contribution is -2.40. The molecule has 0 aliphatic heterocycles. The summed E-state index contributed by atoms with van der Waals surface area (Å²) in [6.45, 7) is 1.60. The summed E-state index contributed by atoms with van der Waals surface area (Å²) in [5.74, 6) is -0.294. The molecular weight excluding hydrogens is 403 g/mol. The van der Waals surface area contributed by atoms with Gasteiger partial charge in [-0.05, 0) is 37.1 Å². The van der Waals surface area contributed by atoms with E-state index in [-0.39, 0.29) is 0 Å². The van der Waals surface area contributed by atoms with Crippen molar-refractivity contribution >= 4 is 40.1 Å². The second-order valence-corrected chi connectivity index (χ2v) is 8.20. The molecule has 28 heavy (non-hydrogen) atoms. The molecule has 2 heterocycles. The Bertz CT molecular complexity index is 1040. The second-order valence-electron chi connectivity index (χ2n) is 7.39. The van der Waals surface area contributed by atoms with Crippen LogP contribution >= 0.6 is 23.2 Å². The number of nitrogen functional groups attached to an aromatic ring is 1. The topological polar surface area (TPSA) is 117 Å². The van der Waals surface area contributed by atoms with Crippen LogP contribution in [0.15, 0.2) is 36.8 Å². The van der Waals surface area contributed by atoms with Gasteiger partial charge < -0.3 is 25.6 Å². The predicted molar refractivity (Wildman–Crippen MR) is 107 cm³/mol. The van der Waals surface area contributed by atoms with Crippen LogP contribution in [0.25, 0.3) is 11.0 Å². The monoisotopic (exact) mass is 422 g/mol. The van der Waals surface area contributed by atoms with E-state index in [1.165, 1.54) is 6.33 Å². The first-order valence-corrected chi connectivity index (χ1v) is 9.58. The highest BCUT2D eigenvalue weighted by atomic mass is 35.5. The van der Waals surface area contributed by atoms with Gasteiger partial charge in [-0.2, -0.15) is 0 Å². The van der Waals surface area contributed by atoms with Crippen molar-refractivity contribution in [1.29, 1.82) is 0 Å². The number of aromatic nitrogens is 3.